The molecule has 1 aromatic rings. The summed E-state index contributed by atoms with van der Waals surface area (Å²) in [6.07, 6.45) is 3.59. The van der Waals surface area contributed by atoms with Crippen LogP contribution in [0, 0.1) is 12.8 Å². The fourth-order valence-corrected chi connectivity index (χ4v) is 3.46. The van der Waals surface area contributed by atoms with Crippen molar-refractivity contribution in [1.29, 1.82) is 0 Å². The highest BCUT2D eigenvalue weighted by molar-refractivity contribution is 5.80. The third-order valence-electron chi connectivity index (χ3n) is 5.38. The molecule has 0 aromatic carbocycles. The normalized spacial score (nSPS) is 15.7. The summed E-state index contributed by atoms with van der Waals surface area (Å²) in [5.41, 5.74) is -0.475. The minimum Gasteiger partial charge on any atom is -0.444 e. The maximum Gasteiger partial charge on any atom is 0.410 e. The number of carbonyl (C=O) groups is 1. The van der Waals surface area contributed by atoms with Crippen LogP contribution in [0.15, 0.2) is 17.6 Å². The highest BCUT2D eigenvalue weighted by Gasteiger charge is 2.27. The summed E-state index contributed by atoms with van der Waals surface area (Å²) < 4.78 is 7.50. The van der Waals surface area contributed by atoms with Gasteiger partial charge in [-0.3, -0.25) is 0 Å². The SMILES string of the molecule is C=CCNC(=NCc1nnc(C)n1C)N1CCC(CN(CC)C(=O)OC(C)(C)C)CC1. The van der Waals surface area contributed by atoms with Crippen molar-refractivity contribution in [2.45, 2.75) is 59.6 Å². The topological polar surface area (TPSA) is 87.9 Å². The molecule has 9 nitrogen and oxygen atoms in total. The number of guanidine groups is 1. The monoisotopic (exact) mass is 433 g/mol. The molecule has 0 aliphatic carbocycles. The maximum atomic E-state index is 12.4. The number of rotatable bonds is 7. The zero-order chi connectivity index (χ0) is 23.0. The molecule has 2 heterocycles. The number of hydrogen-bond donors (Lipinski definition) is 1. The van der Waals surface area contributed by atoms with Crippen molar-refractivity contribution in [1.82, 2.24) is 29.9 Å². The Balaban J connectivity index is 1.95. The predicted molar refractivity (Wildman–Crippen MR) is 123 cm³/mol. The fraction of sp³-hybridized carbons (Fsp3) is 0.727. The van der Waals surface area contributed by atoms with E-state index in [4.69, 9.17) is 9.73 Å². The molecule has 1 aliphatic heterocycles. The van der Waals surface area contributed by atoms with Gasteiger partial charge in [-0.1, -0.05) is 6.08 Å². The average molecular weight is 434 g/mol. The van der Waals surface area contributed by atoms with E-state index in [1.165, 1.54) is 0 Å². The highest BCUT2D eigenvalue weighted by atomic mass is 16.6. The lowest BCUT2D eigenvalue weighted by Crippen LogP contribution is -2.48. The number of aromatic nitrogens is 3. The van der Waals surface area contributed by atoms with Gasteiger partial charge in [0.25, 0.3) is 0 Å². The molecule has 1 amide bonds. The molecule has 0 saturated carbocycles. The molecule has 0 spiro atoms. The zero-order valence-electron chi connectivity index (χ0n) is 20.0. The van der Waals surface area contributed by atoms with E-state index < -0.39 is 5.60 Å². The molecule has 0 radical (unpaired) electrons. The Morgan fingerprint density at radius 2 is 2.03 bits per heavy atom. The number of amides is 1. The summed E-state index contributed by atoms with van der Waals surface area (Å²) in [5.74, 6) is 3.02. The number of aryl methyl sites for hydroxylation is 1. The molecule has 0 atom stereocenters. The first-order valence-electron chi connectivity index (χ1n) is 11.1. The van der Waals surface area contributed by atoms with E-state index in [1.54, 1.807) is 0 Å². The van der Waals surface area contributed by atoms with E-state index in [0.717, 1.165) is 50.1 Å². The van der Waals surface area contributed by atoms with Crippen LogP contribution < -0.4 is 5.32 Å². The summed E-state index contributed by atoms with van der Waals surface area (Å²) >= 11 is 0. The van der Waals surface area contributed by atoms with Gasteiger partial charge in [0.2, 0.25) is 0 Å². The second-order valence-electron chi connectivity index (χ2n) is 8.98. The first-order chi connectivity index (χ1) is 14.6. The van der Waals surface area contributed by atoms with Crippen LogP contribution in [-0.2, 0) is 18.3 Å². The molecular formula is C22H39N7O2. The van der Waals surface area contributed by atoms with Gasteiger partial charge in [0.15, 0.2) is 11.8 Å². The van der Waals surface area contributed by atoms with Gasteiger partial charge < -0.3 is 24.4 Å². The number of nitrogens with one attached hydrogen (secondary N) is 1. The fourth-order valence-electron chi connectivity index (χ4n) is 3.46. The van der Waals surface area contributed by atoms with Crippen LogP contribution in [0.1, 0.15) is 52.2 Å². The summed E-state index contributed by atoms with van der Waals surface area (Å²) in [7, 11) is 1.95. The van der Waals surface area contributed by atoms with Crippen molar-refractivity contribution < 1.29 is 9.53 Å². The Hall–Kier alpha value is -2.58. The lowest BCUT2D eigenvalue weighted by molar-refractivity contribution is 0.0214. The summed E-state index contributed by atoms with van der Waals surface area (Å²) in [6.45, 7) is 17.7. The number of aliphatic imine (C=N–C) groups is 1. The van der Waals surface area contributed by atoms with Gasteiger partial charge in [0, 0.05) is 39.8 Å². The van der Waals surface area contributed by atoms with Crippen LogP contribution in [-0.4, -0.2) is 74.9 Å². The predicted octanol–water partition coefficient (Wildman–Crippen LogP) is 2.72. The first-order valence-corrected chi connectivity index (χ1v) is 11.1. The third-order valence-corrected chi connectivity index (χ3v) is 5.38. The number of carbonyl (C=O) groups excluding carboxylic acids is 1. The molecule has 174 valence electrons. The molecular weight excluding hydrogens is 394 g/mol. The Morgan fingerprint density at radius 1 is 1.35 bits per heavy atom. The van der Waals surface area contributed by atoms with Crippen LogP contribution >= 0.6 is 0 Å². The largest absolute Gasteiger partial charge is 0.444 e. The van der Waals surface area contributed by atoms with Crippen molar-refractivity contribution in [3.8, 4) is 0 Å². The van der Waals surface area contributed by atoms with Crippen LogP contribution in [0.2, 0.25) is 0 Å². The molecule has 9 heteroatoms. The Kier molecular flexibility index (Phi) is 8.88. The molecule has 0 unspecified atom stereocenters. The molecule has 31 heavy (non-hydrogen) atoms. The molecule has 2 rings (SSSR count). The van der Waals surface area contributed by atoms with Crippen molar-refractivity contribution >= 4 is 12.1 Å². The van der Waals surface area contributed by atoms with E-state index in [0.29, 0.717) is 25.6 Å². The summed E-state index contributed by atoms with van der Waals surface area (Å²) in [5, 5.41) is 11.7. The number of hydrogen-bond acceptors (Lipinski definition) is 5. The standard InChI is InChI=1S/C22H39N7O2/c1-8-12-23-20(24-15-19-26-25-17(3)27(19)7)29-13-10-18(11-14-29)16-28(9-2)21(30)31-22(4,5)6/h8,18H,1,9-16H2,2-7H3,(H,23,24). The smallest absolute Gasteiger partial charge is 0.410 e. The second-order valence-corrected chi connectivity index (χ2v) is 8.98. The van der Waals surface area contributed by atoms with Crippen LogP contribution in [0.3, 0.4) is 0 Å². The number of nitrogens with zero attached hydrogens (tertiary/aromatic N) is 6. The van der Waals surface area contributed by atoms with Gasteiger partial charge >= 0.3 is 6.09 Å². The minimum absolute atomic E-state index is 0.230. The quantitative estimate of drug-likeness (QED) is 0.404. The lowest BCUT2D eigenvalue weighted by Gasteiger charge is -2.36. The van der Waals surface area contributed by atoms with Crippen molar-refractivity contribution in [3.05, 3.63) is 24.3 Å². The van der Waals surface area contributed by atoms with Gasteiger partial charge in [-0.05, 0) is 53.4 Å². The first kappa shape index (κ1) is 24.7. The molecule has 1 aromatic heterocycles. The Labute approximate surface area is 186 Å². The van der Waals surface area contributed by atoms with Gasteiger partial charge in [0.05, 0.1) is 0 Å². The van der Waals surface area contributed by atoms with Crippen LogP contribution in [0.4, 0.5) is 4.79 Å². The third kappa shape index (κ3) is 7.56. The Bertz CT molecular complexity index is 758. The van der Waals surface area contributed by atoms with Gasteiger partial charge in [-0.25, -0.2) is 9.79 Å². The van der Waals surface area contributed by atoms with Gasteiger partial charge in [-0.2, -0.15) is 0 Å². The molecule has 1 aliphatic rings. The highest BCUT2D eigenvalue weighted by Crippen LogP contribution is 2.20. The molecule has 1 saturated heterocycles. The number of piperidine rings is 1. The van der Waals surface area contributed by atoms with Crippen molar-refractivity contribution in [2.75, 3.05) is 32.7 Å². The number of ether oxygens (including phenoxy) is 1. The molecule has 0 bridgehead atoms. The molecule has 1 fully saturated rings. The second kappa shape index (κ2) is 11.2. The van der Waals surface area contributed by atoms with E-state index in [-0.39, 0.29) is 6.09 Å². The minimum atomic E-state index is -0.475. The zero-order valence-corrected chi connectivity index (χ0v) is 20.0. The van der Waals surface area contributed by atoms with Crippen molar-refractivity contribution in [2.24, 2.45) is 18.0 Å². The van der Waals surface area contributed by atoms with Crippen LogP contribution in [0.5, 0.6) is 0 Å². The van der Waals surface area contributed by atoms with Crippen molar-refractivity contribution in [3.63, 3.8) is 0 Å². The summed E-state index contributed by atoms with van der Waals surface area (Å²) in [6, 6.07) is 0. The van der Waals surface area contributed by atoms with Gasteiger partial charge in [0.1, 0.15) is 18.0 Å². The summed E-state index contributed by atoms with van der Waals surface area (Å²) in [4.78, 5) is 21.3. The van der Waals surface area contributed by atoms with E-state index in [9.17, 15) is 4.79 Å². The lowest BCUT2D eigenvalue weighted by atomic mass is 9.96. The van der Waals surface area contributed by atoms with E-state index in [1.807, 2.05) is 57.2 Å². The Morgan fingerprint density at radius 3 is 2.55 bits per heavy atom. The molecule has 1 N–H and O–H groups in total. The van der Waals surface area contributed by atoms with Crippen LogP contribution in [0.25, 0.3) is 0 Å². The van der Waals surface area contributed by atoms with Gasteiger partial charge in [-0.15, -0.1) is 16.8 Å². The van der Waals surface area contributed by atoms with E-state index >= 15 is 0 Å². The number of likely N-dealkylation sites (tertiary alicyclic amines) is 1. The van der Waals surface area contributed by atoms with E-state index in [2.05, 4.69) is 27.0 Å². The average Bonchev–Trinajstić information content (AvgIpc) is 3.03. The maximum absolute atomic E-state index is 12.4.